The summed E-state index contributed by atoms with van der Waals surface area (Å²) in [4.78, 5) is 29.6. The van der Waals surface area contributed by atoms with E-state index in [1.807, 2.05) is 0 Å². The molecule has 24 heavy (non-hydrogen) atoms. The van der Waals surface area contributed by atoms with Crippen LogP contribution in [0.5, 0.6) is 0 Å². The van der Waals surface area contributed by atoms with Crippen LogP contribution in [0.1, 0.15) is 6.23 Å². The molecule has 0 bridgehead atoms. The van der Waals surface area contributed by atoms with Crippen molar-refractivity contribution in [1.29, 1.82) is 0 Å². The zero-order valence-electron chi connectivity index (χ0n) is 12.0. The number of nitrogens with two attached hydrogens (primary N) is 1. The lowest BCUT2D eigenvalue weighted by Crippen LogP contribution is -2.35. The van der Waals surface area contributed by atoms with E-state index in [2.05, 4.69) is 19.5 Å². The van der Waals surface area contributed by atoms with Crippen molar-refractivity contribution >= 4 is 24.8 Å². The number of hydrogen-bond acceptors (Lipinski definition) is 9. The minimum Gasteiger partial charge on any atom is -0.412 e. The first-order chi connectivity index (χ1) is 10.8. The van der Waals surface area contributed by atoms with E-state index >= 15 is 0 Å². The number of phosphoric ester groups is 1. The zero-order chi connectivity index (χ0) is 16.8. The van der Waals surface area contributed by atoms with Crippen molar-refractivity contribution in [3.63, 3.8) is 0 Å². The summed E-state index contributed by atoms with van der Waals surface area (Å²) in [5.74, 6) is 0.128. The van der Waals surface area contributed by atoms with E-state index in [-0.39, 0.29) is 22.5 Å². The molecule has 2 aromatic rings. The quantitative estimate of drug-likeness (QED) is 0.351. The Hall–Kier alpha value is -1.70. The summed E-state index contributed by atoms with van der Waals surface area (Å²) in [6.45, 7) is -0.609. The van der Waals surface area contributed by atoms with Gasteiger partial charge in [0.25, 0.3) is 0 Å². The van der Waals surface area contributed by atoms with Crippen LogP contribution >= 0.6 is 7.82 Å². The summed E-state index contributed by atoms with van der Waals surface area (Å²) >= 11 is 0. The molecule has 2 aromatic heterocycles. The third-order valence-electron chi connectivity index (χ3n) is 3.41. The molecule has 134 valence electrons. The molecule has 4 atom stereocenters. The highest BCUT2D eigenvalue weighted by Crippen LogP contribution is 2.44. The fourth-order valence-electron chi connectivity index (χ4n) is 2.44. The molecule has 1 aliphatic rings. The van der Waals surface area contributed by atoms with E-state index in [0.717, 1.165) is 0 Å². The Bertz CT molecular complexity index is 765. The van der Waals surface area contributed by atoms with E-state index in [4.69, 9.17) is 20.3 Å². The van der Waals surface area contributed by atoms with Crippen LogP contribution in [0.4, 0.5) is 5.82 Å². The van der Waals surface area contributed by atoms with Gasteiger partial charge in [-0.25, -0.2) is 19.5 Å². The first-order valence-electron chi connectivity index (χ1n) is 6.43. The van der Waals surface area contributed by atoms with Crippen LogP contribution in [0.25, 0.3) is 11.2 Å². The largest absolute Gasteiger partial charge is 0.470 e. The van der Waals surface area contributed by atoms with Crippen LogP contribution in [0.2, 0.25) is 0 Å². The SMILES string of the molecule is Nc1ncnc2c1ncn2C1OC(CO)C(OP(=O)(O)O)C1O.O. The molecule has 3 rings (SSSR count). The van der Waals surface area contributed by atoms with Gasteiger partial charge in [-0.1, -0.05) is 0 Å². The number of hydrogen-bond donors (Lipinski definition) is 5. The summed E-state index contributed by atoms with van der Waals surface area (Å²) < 4.78 is 22.3. The second-order valence-electron chi connectivity index (χ2n) is 4.88. The molecular formula is C10H16N5O8P. The molecular weight excluding hydrogens is 349 g/mol. The molecule has 1 fully saturated rings. The lowest BCUT2D eigenvalue weighted by atomic mass is 10.1. The summed E-state index contributed by atoms with van der Waals surface area (Å²) in [7, 11) is -4.88. The standard InChI is InChI=1S/C10H14N5O7P.H2O/c11-8-5-9(13-2-12-8)15(3-14-5)10-6(17)7(4(1-16)21-10)22-23(18,19)20;/h2-4,6-7,10,16-17H,1H2,(H2,11,12,13)(H2,18,19,20);1H2. The number of rotatable bonds is 4. The third-order valence-corrected chi connectivity index (χ3v) is 3.93. The van der Waals surface area contributed by atoms with Crippen molar-refractivity contribution in [2.75, 3.05) is 12.3 Å². The van der Waals surface area contributed by atoms with Gasteiger partial charge in [0.15, 0.2) is 17.7 Å². The maximum atomic E-state index is 11.0. The van der Waals surface area contributed by atoms with Crippen molar-refractivity contribution < 1.29 is 39.3 Å². The van der Waals surface area contributed by atoms with Crippen molar-refractivity contribution in [2.45, 2.75) is 24.5 Å². The van der Waals surface area contributed by atoms with Crippen LogP contribution in [0, 0.1) is 0 Å². The fraction of sp³-hybridized carbons (Fsp3) is 0.500. The van der Waals surface area contributed by atoms with Gasteiger partial charge in [-0.2, -0.15) is 0 Å². The molecule has 1 aliphatic heterocycles. The lowest BCUT2D eigenvalue weighted by molar-refractivity contribution is -0.0509. The number of nitrogen functional groups attached to an aromatic ring is 1. The second kappa shape index (κ2) is 6.66. The Balaban J connectivity index is 0.00000208. The Morgan fingerprint density at radius 2 is 2.08 bits per heavy atom. The van der Waals surface area contributed by atoms with Crippen molar-refractivity contribution in [2.24, 2.45) is 0 Å². The fourth-order valence-corrected chi connectivity index (χ4v) is 3.02. The summed E-state index contributed by atoms with van der Waals surface area (Å²) in [5.41, 5.74) is 6.21. The lowest BCUT2D eigenvalue weighted by Gasteiger charge is -2.19. The van der Waals surface area contributed by atoms with Crippen molar-refractivity contribution in [3.8, 4) is 0 Å². The summed E-state index contributed by atoms with van der Waals surface area (Å²) in [6.07, 6.45) is -2.68. The van der Waals surface area contributed by atoms with E-state index in [1.165, 1.54) is 17.2 Å². The molecule has 13 nitrogen and oxygen atoms in total. The number of nitrogens with zero attached hydrogens (tertiary/aromatic N) is 4. The highest BCUT2D eigenvalue weighted by atomic mass is 31.2. The average molecular weight is 365 g/mol. The minimum atomic E-state index is -4.88. The molecule has 3 heterocycles. The van der Waals surface area contributed by atoms with Gasteiger partial charge in [0.1, 0.15) is 30.2 Å². The molecule has 0 saturated carbocycles. The number of aromatic nitrogens is 4. The molecule has 8 N–H and O–H groups in total. The topological polar surface area (TPSA) is 218 Å². The van der Waals surface area contributed by atoms with Gasteiger partial charge >= 0.3 is 7.82 Å². The van der Waals surface area contributed by atoms with Crippen LogP contribution in [-0.2, 0) is 13.8 Å². The van der Waals surface area contributed by atoms with Gasteiger partial charge in [-0.3, -0.25) is 9.09 Å². The molecule has 0 aromatic carbocycles. The monoisotopic (exact) mass is 365 g/mol. The van der Waals surface area contributed by atoms with Gasteiger partial charge in [0.2, 0.25) is 0 Å². The number of fused-ring (bicyclic) bond motifs is 1. The maximum Gasteiger partial charge on any atom is 0.470 e. The van der Waals surface area contributed by atoms with Crippen LogP contribution in [-0.4, -0.2) is 69.9 Å². The first kappa shape index (κ1) is 18.6. The van der Waals surface area contributed by atoms with E-state index in [1.54, 1.807) is 0 Å². The van der Waals surface area contributed by atoms with E-state index in [9.17, 15) is 14.8 Å². The van der Waals surface area contributed by atoms with Gasteiger partial charge in [-0.05, 0) is 0 Å². The predicted octanol–water partition coefficient (Wildman–Crippen LogP) is -2.69. The van der Waals surface area contributed by atoms with Gasteiger partial charge in [-0.15, -0.1) is 0 Å². The molecule has 0 amide bonds. The molecule has 0 aliphatic carbocycles. The Kier molecular flexibility index (Phi) is 5.17. The number of imidazole rings is 1. The molecule has 0 spiro atoms. The number of phosphoric acid groups is 1. The second-order valence-corrected chi connectivity index (χ2v) is 6.07. The van der Waals surface area contributed by atoms with E-state index < -0.39 is 39.0 Å². The van der Waals surface area contributed by atoms with Crippen LogP contribution < -0.4 is 5.73 Å². The summed E-state index contributed by atoms with van der Waals surface area (Å²) in [5, 5.41) is 19.6. The summed E-state index contributed by atoms with van der Waals surface area (Å²) in [6, 6.07) is 0. The maximum absolute atomic E-state index is 11.0. The molecule has 1 saturated heterocycles. The predicted molar refractivity (Wildman–Crippen MR) is 77.3 cm³/mol. The van der Waals surface area contributed by atoms with E-state index in [0.29, 0.717) is 0 Å². The number of ether oxygens (including phenoxy) is 1. The Morgan fingerprint density at radius 1 is 1.38 bits per heavy atom. The molecule has 14 heteroatoms. The zero-order valence-corrected chi connectivity index (χ0v) is 12.9. The first-order valence-corrected chi connectivity index (χ1v) is 7.96. The Labute approximate surface area is 134 Å². The normalized spacial score (nSPS) is 27.3. The van der Waals surface area contributed by atoms with Gasteiger partial charge in [0.05, 0.1) is 12.9 Å². The molecule has 0 radical (unpaired) electrons. The van der Waals surface area contributed by atoms with Crippen molar-refractivity contribution in [3.05, 3.63) is 12.7 Å². The molecule has 4 unspecified atom stereocenters. The van der Waals surface area contributed by atoms with Crippen molar-refractivity contribution in [1.82, 2.24) is 19.5 Å². The Morgan fingerprint density at radius 3 is 2.71 bits per heavy atom. The number of anilines is 1. The highest BCUT2D eigenvalue weighted by molar-refractivity contribution is 7.46. The average Bonchev–Trinajstić information content (AvgIpc) is 3.01. The smallest absolute Gasteiger partial charge is 0.412 e. The number of aliphatic hydroxyl groups excluding tert-OH is 2. The van der Waals surface area contributed by atoms with Gasteiger partial charge < -0.3 is 35.9 Å². The highest BCUT2D eigenvalue weighted by Gasteiger charge is 2.48. The minimum absolute atomic E-state index is 0. The van der Waals surface area contributed by atoms with Gasteiger partial charge in [0, 0.05) is 0 Å². The third kappa shape index (κ3) is 3.24. The van der Waals surface area contributed by atoms with Crippen LogP contribution in [0.15, 0.2) is 12.7 Å². The van der Waals surface area contributed by atoms with Crippen LogP contribution in [0.3, 0.4) is 0 Å². The number of aliphatic hydroxyl groups is 2.